The average molecular weight is 454 g/mol. The molecule has 0 spiro atoms. The van der Waals surface area contributed by atoms with Crippen LogP contribution in [0.3, 0.4) is 0 Å². The summed E-state index contributed by atoms with van der Waals surface area (Å²) in [5, 5.41) is 5.58. The van der Waals surface area contributed by atoms with Gasteiger partial charge in [-0.1, -0.05) is 72.8 Å². The maximum absolute atomic E-state index is 13.8. The van der Waals surface area contributed by atoms with Gasteiger partial charge in [0.25, 0.3) is 5.91 Å². The molecule has 2 heterocycles. The van der Waals surface area contributed by atoms with Crippen LogP contribution >= 0.6 is 0 Å². The van der Waals surface area contributed by atoms with Gasteiger partial charge < -0.3 is 10.6 Å². The zero-order chi connectivity index (χ0) is 23.7. The SMILES string of the molecule is O=C1CN(C(=O)CN2C(=O)N[C@@](Cc3ccccc3)(c3ccccc3)C2=O)c2ccccc2N1. The number of hydrogen-bond acceptors (Lipinski definition) is 4. The molecule has 2 N–H and O–H groups in total. The predicted octanol–water partition coefficient (Wildman–Crippen LogP) is 2.66. The minimum Gasteiger partial charge on any atom is -0.323 e. The number of carbonyl (C=O) groups is 4. The Hall–Kier alpha value is -4.46. The van der Waals surface area contributed by atoms with Gasteiger partial charge in [0.15, 0.2) is 5.54 Å². The van der Waals surface area contributed by atoms with E-state index in [-0.39, 0.29) is 18.9 Å². The first-order valence-corrected chi connectivity index (χ1v) is 10.9. The highest BCUT2D eigenvalue weighted by Gasteiger charge is 2.53. The van der Waals surface area contributed by atoms with Crippen molar-refractivity contribution in [3.63, 3.8) is 0 Å². The van der Waals surface area contributed by atoms with Crippen molar-refractivity contribution >= 4 is 35.1 Å². The quantitative estimate of drug-likeness (QED) is 0.579. The van der Waals surface area contributed by atoms with Crippen LogP contribution in [0.1, 0.15) is 11.1 Å². The van der Waals surface area contributed by atoms with Crippen LogP contribution in [0.5, 0.6) is 0 Å². The monoisotopic (exact) mass is 454 g/mol. The first-order valence-electron chi connectivity index (χ1n) is 10.9. The lowest BCUT2D eigenvalue weighted by atomic mass is 9.83. The van der Waals surface area contributed by atoms with Gasteiger partial charge in [-0.15, -0.1) is 0 Å². The van der Waals surface area contributed by atoms with E-state index in [2.05, 4.69) is 10.6 Å². The fourth-order valence-electron chi connectivity index (χ4n) is 4.49. The van der Waals surface area contributed by atoms with Gasteiger partial charge >= 0.3 is 6.03 Å². The summed E-state index contributed by atoms with van der Waals surface area (Å²) < 4.78 is 0. The Kier molecular flexibility index (Phi) is 5.33. The van der Waals surface area contributed by atoms with E-state index in [1.165, 1.54) is 4.90 Å². The maximum atomic E-state index is 13.8. The molecule has 0 aliphatic carbocycles. The van der Waals surface area contributed by atoms with Crippen molar-refractivity contribution in [3.05, 3.63) is 96.1 Å². The van der Waals surface area contributed by atoms with Crippen molar-refractivity contribution in [1.82, 2.24) is 10.2 Å². The van der Waals surface area contributed by atoms with Gasteiger partial charge in [-0.3, -0.25) is 24.2 Å². The Morgan fingerprint density at radius 2 is 1.50 bits per heavy atom. The van der Waals surface area contributed by atoms with E-state index >= 15 is 0 Å². The number of hydrogen-bond donors (Lipinski definition) is 2. The lowest BCUT2D eigenvalue weighted by Crippen LogP contribution is -2.49. The summed E-state index contributed by atoms with van der Waals surface area (Å²) in [5.41, 5.74) is 1.20. The van der Waals surface area contributed by atoms with E-state index < -0.39 is 29.9 Å². The molecule has 8 heteroatoms. The number of benzene rings is 3. The number of urea groups is 1. The summed E-state index contributed by atoms with van der Waals surface area (Å²) in [5.74, 6) is -1.36. The lowest BCUT2D eigenvalue weighted by Gasteiger charge is -2.30. The average Bonchev–Trinajstić information content (AvgIpc) is 3.09. The zero-order valence-electron chi connectivity index (χ0n) is 18.2. The standard InChI is InChI=1S/C26H22N4O4/c31-22-16-29(21-14-8-7-13-20(21)27-22)23(32)17-30-24(33)26(28-25(30)34,19-11-5-2-6-12-19)15-18-9-3-1-4-10-18/h1-14H,15-17H2,(H,27,31)(H,28,34)/t26-/m0/s1. The van der Waals surface area contributed by atoms with E-state index in [0.29, 0.717) is 16.9 Å². The second-order valence-corrected chi connectivity index (χ2v) is 8.30. The number of anilines is 2. The Balaban J connectivity index is 1.46. The summed E-state index contributed by atoms with van der Waals surface area (Å²) in [7, 11) is 0. The number of nitrogens with zero attached hydrogens (tertiary/aromatic N) is 2. The van der Waals surface area contributed by atoms with E-state index in [9.17, 15) is 19.2 Å². The normalized spacial score (nSPS) is 19.5. The number of rotatable bonds is 5. The third-order valence-electron chi connectivity index (χ3n) is 6.12. The molecule has 5 rings (SSSR count). The van der Waals surface area contributed by atoms with Gasteiger partial charge in [0.05, 0.1) is 11.4 Å². The summed E-state index contributed by atoms with van der Waals surface area (Å²) in [6.45, 7) is -0.664. The Morgan fingerprint density at radius 1 is 0.853 bits per heavy atom. The van der Waals surface area contributed by atoms with Crippen molar-refractivity contribution in [1.29, 1.82) is 0 Å². The minimum absolute atomic E-state index is 0.187. The van der Waals surface area contributed by atoms with Gasteiger partial charge in [-0.05, 0) is 23.3 Å². The number of nitrogens with one attached hydrogen (secondary N) is 2. The molecular formula is C26H22N4O4. The molecule has 0 saturated carbocycles. The van der Waals surface area contributed by atoms with Crippen molar-refractivity contribution in [2.24, 2.45) is 0 Å². The van der Waals surface area contributed by atoms with Crippen molar-refractivity contribution < 1.29 is 19.2 Å². The second kappa shape index (κ2) is 8.47. The first-order chi connectivity index (χ1) is 16.5. The first kappa shape index (κ1) is 21.4. The van der Waals surface area contributed by atoms with Crippen LogP contribution in [0.4, 0.5) is 16.2 Å². The number of amides is 5. The molecule has 3 aromatic carbocycles. The molecule has 0 bridgehead atoms. The van der Waals surface area contributed by atoms with Crippen LogP contribution in [0.25, 0.3) is 0 Å². The molecule has 1 atom stereocenters. The number of imide groups is 1. The van der Waals surface area contributed by atoms with Crippen molar-refractivity contribution in [2.45, 2.75) is 12.0 Å². The highest BCUT2D eigenvalue weighted by molar-refractivity contribution is 6.14. The molecule has 170 valence electrons. The van der Waals surface area contributed by atoms with Crippen LogP contribution in [0, 0.1) is 0 Å². The molecule has 5 amide bonds. The number of para-hydroxylation sites is 2. The van der Waals surface area contributed by atoms with E-state index in [0.717, 1.165) is 10.5 Å². The summed E-state index contributed by atoms with van der Waals surface area (Å²) >= 11 is 0. The maximum Gasteiger partial charge on any atom is 0.325 e. The number of fused-ring (bicyclic) bond motifs is 1. The van der Waals surface area contributed by atoms with Crippen LogP contribution in [-0.2, 0) is 26.3 Å². The topological polar surface area (TPSA) is 98.8 Å². The van der Waals surface area contributed by atoms with Crippen LogP contribution < -0.4 is 15.5 Å². The fourth-order valence-corrected chi connectivity index (χ4v) is 4.49. The Morgan fingerprint density at radius 3 is 2.24 bits per heavy atom. The van der Waals surface area contributed by atoms with Crippen molar-refractivity contribution in [2.75, 3.05) is 23.3 Å². The molecule has 34 heavy (non-hydrogen) atoms. The van der Waals surface area contributed by atoms with E-state index in [4.69, 9.17) is 0 Å². The van der Waals surface area contributed by atoms with Gasteiger partial charge in [0.1, 0.15) is 13.1 Å². The molecule has 0 unspecified atom stereocenters. The molecule has 1 saturated heterocycles. The Labute approximate surface area is 196 Å². The second-order valence-electron chi connectivity index (χ2n) is 8.30. The molecular weight excluding hydrogens is 432 g/mol. The summed E-state index contributed by atoms with van der Waals surface area (Å²) in [6.07, 6.45) is 0.238. The van der Waals surface area contributed by atoms with E-state index in [1.54, 1.807) is 48.5 Å². The van der Waals surface area contributed by atoms with E-state index in [1.807, 2.05) is 36.4 Å². The summed E-state index contributed by atoms with van der Waals surface area (Å²) in [6, 6.07) is 24.7. The third-order valence-corrected chi connectivity index (χ3v) is 6.12. The van der Waals surface area contributed by atoms with Gasteiger partial charge in [0, 0.05) is 6.42 Å². The molecule has 2 aliphatic rings. The zero-order valence-corrected chi connectivity index (χ0v) is 18.2. The fraction of sp³-hybridized carbons (Fsp3) is 0.154. The lowest BCUT2D eigenvalue weighted by molar-refractivity contribution is -0.134. The Bertz CT molecular complexity index is 1280. The molecule has 3 aromatic rings. The largest absolute Gasteiger partial charge is 0.325 e. The predicted molar refractivity (Wildman–Crippen MR) is 126 cm³/mol. The van der Waals surface area contributed by atoms with Crippen molar-refractivity contribution in [3.8, 4) is 0 Å². The highest BCUT2D eigenvalue weighted by atomic mass is 16.2. The van der Waals surface area contributed by atoms with Gasteiger partial charge in [0.2, 0.25) is 11.8 Å². The highest BCUT2D eigenvalue weighted by Crippen LogP contribution is 2.34. The van der Waals surface area contributed by atoms with Crippen LogP contribution in [0.2, 0.25) is 0 Å². The molecule has 8 nitrogen and oxygen atoms in total. The summed E-state index contributed by atoms with van der Waals surface area (Å²) in [4.78, 5) is 54.4. The van der Waals surface area contributed by atoms with Gasteiger partial charge in [-0.2, -0.15) is 0 Å². The third kappa shape index (κ3) is 3.69. The van der Waals surface area contributed by atoms with Crippen LogP contribution in [-0.4, -0.2) is 41.7 Å². The van der Waals surface area contributed by atoms with Crippen LogP contribution in [0.15, 0.2) is 84.9 Å². The minimum atomic E-state index is -1.34. The van der Waals surface area contributed by atoms with Gasteiger partial charge in [-0.25, -0.2) is 4.79 Å². The molecule has 2 aliphatic heterocycles. The smallest absolute Gasteiger partial charge is 0.323 e. The number of carbonyl (C=O) groups excluding carboxylic acids is 4. The molecule has 1 fully saturated rings. The molecule has 0 radical (unpaired) electrons. The molecule has 0 aromatic heterocycles.